The number of benzene rings is 2. The number of ketones is 1. The molecule has 0 saturated heterocycles. The number of nitrogens with zero attached hydrogens (tertiary/aromatic N) is 1. The minimum Gasteiger partial charge on any atom is -0.493 e. The zero-order valence-corrected chi connectivity index (χ0v) is 17.2. The van der Waals surface area contributed by atoms with Gasteiger partial charge >= 0.3 is 6.36 Å². The molecule has 0 aliphatic carbocycles. The van der Waals surface area contributed by atoms with Crippen LogP contribution in [0.3, 0.4) is 0 Å². The summed E-state index contributed by atoms with van der Waals surface area (Å²) in [5.74, 6) is -2.79. The number of carbonyl (C=O) groups is 2. The Morgan fingerprint density at radius 1 is 0.970 bits per heavy atom. The summed E-state index contributed by atoms with van der Waals surface area (Å²) in [6.45, 7) is 1.30. The van der Waals surface area contributed by atoms with Crippen LogP contribution in [0, 0.1) is 5.82 Å². The van der Waals surface area contributed by atoms with Gasteiger partial charge in [-0.1, -0.05) is 0 Å². The van der Waals surface area contributed by atoms with E-state index in [1.54, 1.807) is 0 Å². The lowest BCUT2D eigenvalue weighted by Gasteiger charge is -2.16. The standard InChI is InChI=1S/C22H16F4N2O5/c1-12(29)17-10-14(7-8-27-17)28-21(30)16-5-4-15(33-22(24,25)26)11-19(16)32-18-6-3-13(23)9-20(18)31-2/h3-11H,1-2H3,(H,27,28,30). The maximum absolute atomic E-state index is 13.5. The fraction of sp³-hybridized carbons (Fsp3) is 0.136. The lowest BCUT2D eigenvalue weighted by Crippen LogP contribution is -2.18. The molecule has 0 bridgehead atoms. The summed E-state index contributed by atoms with van der Waals surface area (Å²) < 4.78 is 66.0. The van der Waals surface area contributed by atoms with Gasteiger partial charge in [-0.3, -0.25) is 14.6 Å². The molecular weight excluding hydrogens is 448 g/mol. The van der Waals surface area contributed by atoms with Gasteiger partial charge in [0.1, 0.15) is 23.0 Å². The fourth-order valence-electron chi connectivity index (χ4n) is 2.72. The van der Waals surface area contributed by atoms with E-state index in [9.17, 15) is 27.2 Å². The summed E-state index contributed by atoms with van der Waals surface area (Å²) >= 11 is 0. The summed E-state index contributed by atoms with van der Waals surface area (Å²) in [6.07, 6.45) is -3.66. The van der Waals surface area contributed by atoms with Gasteiger partial charge in [0.25, 0.3) is 5.91 Å². The molecule has 7 nitrogen and oxygen atoms in total. The van der Waals surface area contributed by atoms with Crippen LogP contribution in [0.15, 0.2) is 54.7 Å². The highest BCUT2D eigenvalue weighted by atomic mass is 19.4. The maximum Gasteiger partial charge on any atom is 0.573 e. The number of carbonyl (C=O) groups excluding carboxylic acids is 2. The van der Waals surface area contributed by atoms with Crippen LogP contribution in [0.1, 0.15) is 27.8 Å². The van der Waals surface area contributed by atoms with Crippen molar-refractivity contribution in [2.75, 3.05) is 12.4 Å². The normalized spacial score (nSPS) is 11.0. The summed E-state index contributed by atoms with van der Waals surface area (Å²) in [6, 6.07) is 8.87. The molecule has 0 aliphatic rings. The van der Waals surface area contributed by atoms with Gasteiger partial charge < -0.3 is 19.5 Å². The van der Waals surface area contributed by atoms with Crippen molar-refractivity contribution >= 4 is 17.4 Å². The predicted molar refractivity (Wildman–Crippen MR) is 108 cm³/mol. The Kier molecular flexibility index (Phi) is 6.80. The number of methoxy groups -OCH3 is 1. The number of aromatic nitrogens is 1. The average Bonchev–Trinajstić information content (AvgIpc) is 2.74. The zero-order chi connectivity index (χ0) is 24.2. The summed E-state index contributed by atoms with van der Waals surface area (Å²) in [4.78, 5) is 28.2. The van der Waals surface area contributed by atoms with E-state index in [1.165, 1.54) is 38.4 Å². The molecule has 0 spiro atoms. The average molecular weight is 464 g/mol. The van der Waals surface area contributed by atoms with E-state index >= 15 is 0 Å². The number of amides is 1. The fourth-order valence-corrected chi connectivity index (χ4v) is 2.72. The van der Waals surface area contributed by atoms with Gasteiger partial charge in [-0.2, -0.15) is 0 Å². The highest BCUT2D eigenvalue weighted by Crippen LogP contribution is 2.36. The van der Waals surface area contributed by atoms with Gasteiger partial charge in [-0.25, -0.2) is 4.39 Å². The van der Waals surface area contributed by atoms with E-state index in [0.717, 1.165) is 30.3 Å². The van der Waals surface area contributed by atoms with Gasteiger partial charge in [0.2, 0.25) is 0 Å². The monoisotopic (exact) mass is 464 g/mol. The summed E-state index contributed by atoms with van der Waals surface area (Å²) in [5.41, 5.74) is 0.160. The topological polar surface area (TPSA) is 86.8 Å². The van der Waals surface area contributed by atoms with Crippen LogP contribution in [0.4, 0.5) is 23.2 Å². The minimum absolute atomic E-state index is 0.0521. The molecule has 1 amide bonds. The first-order chi connectivity index (χ1) is 15.6. The van der Waals surface area contributed by atoms with Gasteiger partial charge in [-0.05, 0) is 36.4 Å². The highest BCUT2D eigenvalue weighted by molar-refractivity contribution is 6.07. The third-order valence-electron chi connectivity index (χ3n) is 4.16. The summed E-state index contributed by atoms with van der Waals surface area (Å²) in [5, 5.41) is 2.52. The van der Waals surface area contributed by atoms with Gasteiger partial charge in [0.15, 0.2) is 17.3 Å². The Hall–Kier alpha value is -4.15. The van der Waals surface area contributed by atoms with Crippen LogP contribution in [0.2, 0.25) is 0 Å². The highest BCUT2D eigenvalue weighted by Gasteiger charge is 2.31. The van der Waals surface area contributed by atoms with Gasteiger partial charge in [0, 0.05) is 30.9 Å². The molecule has 0 aliphatic heterocycles. The van der Waals surface area contributed by atoms with Crippen molar-refractivity contribution in [3.63, 3.8) is 0 Å². The number of alkyl halides is 3. The molecule has 3 aromatic rings. The molecule has 0 fully saturated rings. The Bertz CT molecular complexity index is 1200. The van der Waals surface area contributed by atoms with Crippen molar-refractivity contribution in [3.05, 3.63) is 71.8 Å². The first-order valence-corrected chi connectivity index (χ1v) is 9.25. The van der Waals surface area contributed by atoms with E-state index < -0.39 is 23.8 Å². The molecule has 11 heteroatoms. The number of Topliss-reactive ketones (excluding diaryl/α,β-unsaturated/α-hetero) is 1. The van der Waals surface area contributed by atoms with E-state index in [4.69, 9.17) is 9.47 Å². The summed E-state index contributed by atoms with van der Waals surface area (Å²) in [7, 11) is 1.24. The van der Waals surface area contributed by atoms with Gasteiger partial charge in [0.05, 0.1) is 12.7 Å². The molecule has 172 valence electrons. The zero-order valence-electron chi connectivity index (χ0n) is 17.2. The van der Waals surface area contributed by atoms with E-state index in [2.05, 4.69) is 15.0 Å². The Labute approximate surface area is 184 Å². The number of halogens is 4. The number of nitrogens with one attached hydrogen (secondary N) is 1. The molecule has 0 atom stereocenters. The Morgan fingerprint density at radius 2 is 1.73 bits per heavy atom. The van der Waals surface area contributed by atoms with Crippen LogP contribution >= 0.6 is 0 Å². The second-order valence-electron chi connectivity index (χ2n) is 6.54. The third-order valence-corrected chi connectivity index (χ3v) is 4.16. The number of rotatable bonds is 7. The van der Waals surface area contributed by atoms with Crippen molar-refractivity contribution in [3.8, 4) is 23.0 Å². The minimum atomic E-state index is -4.98. The number of anilines is 1. The van der Waals surface area contributed by atoms with Crippen molar-refractivity contribution in [2.45, 2.75) is 13.3 Å². The third kappa shape index (κ3) is 6.19. The van der Waals surface area contributed by atoms with E-state index in [0.29, 0.717) is 0 Å². The van der Waals surface area contributed by atoms with Gasteiger partial charge in [-0.15, -0.1) is 13.2 Å². The van der Waals surface area contributed by atoms with Crippen LogP contribution in [-0.2, 0) is 0 Å². The molecule has 1 heterocycles. The Morgan fingerprint density at radius 3 is 2.39 bits per heavy atom. The second-order valence-corrected chi connectivity index (χ2v) is 6.54. The largest absolute Gasteiger partial charge is 0.573 e. The maximum atomic E-state index is 13.5. The van der Waals surface area contributed by atoms with Crippen LogP contribution in [0.25, 0.3) is 0 Å². The lowest BCUT2D eigenvalue weighted by atomic mass is 10.1. The first-order valence-electron chi connectivity index (χ1n) is 9.25. The second kappa shape index (κ2) is 9.55. The van der Waals surface area contributed by atoms with E-state index in [-0.39, 0.29) is 40.0 Å². The molecule has 1 N–H and O–H groups in total. The number of hydrogen-bond donors (Lipinski definition) is 1. The Balaban J connectivity index is 1.98. The van der Waals surface area contributed by atoms with Crippen molar-refractivity contribution < 1.29 is 41.4 Å². The predicted octanol–water partition coefficient (Wildman–Crippen LogP) is 5.38. The van der Waals surface area contributed by atoms with Crippen LogP contribution < -0.4 is 19.5 Å². The molecule has 3 rings (SSSR count). The van der Waals surface area contributed by atoms with E-state index in [1.807, 2.05) is 0 Å². The van der Waals surface area contributed by atoms with Crippen molar-refractivity contribution in [1.29, 1.82) is 0 Å². The molecule has 0 unspecified atom stereocenters. The number of hydrogen-bond acceptors (Lipinski definition) is 6. The van der Waals surface area contributed by atoms with Crippen molar-refractivity contribution in [2.24, 2.45) is 0 Å². The quantitative estimate of drug-likeness (QED) is 0.374. The molecule has 1 aromatic heterocycles. The van der Waals surface area contributed by atoms with Crippen LogP contribution in [0.5, 0.6) is 23.0 Å². The lowest BCUT2D eigenvalue weighted by molar-refractivity contribution is -0.274. The number of ether oxygens (including phenoxy) is 3. The molecule has 2 aromatic carbocycles. The van der Waals surface area contributed by atoms with Crippen molar-refractivity contribution in [1.82, 2.24) is 4.98 Å². The molecule has 33 heavy (non-hydrogen) atoms. The SMILES string of the molecule is COc1cc(F)ccc1Oc1cc(OC(F)(F)F)ccc1C(=O)Nc1ccnc(C(C)=O)c1. The molecule has 0 saturated carbocycles. The first kappa shape index (κ1) is 23.5. The molecule has 0 radical (unpaired) electrons. The number of pyridine rings is 1. The molecular formula is C22H16F4N2O5. The van der Waals surface area contributed by atoms with Crippen LogP contribution in [-0.4, -0.2) is 30.1 Å². The smallest absolute Gasteiger partial charge is 0.493 e.